The molecule has 0 spiro atoms. The fourth-order valence-corrected chi connectivity index (χ4v) is 4.55. The third kappa shape index (κ3) is 6.72. The number of fused-ring (bicyclic) bond motifs is 1. The smallest absolute Gasteiger partial charge is 0.347 e. The number of hydrogen-bond acceptors (Lipinski definition) is 9. The van der Waals surface area contributed by atoms with Crippen LogP contribution in [0.2, 0.25) is 0 Å². The molecule has 0 aliphatic carbocycles. The van der Waals surface area contributed by atoms with Crippen LogP contribution in [-0.4, -0.2) is 46.1 Å². The predicted octanol–water partition coefficient (Wildman–Crippen LogP) is 6.01. The Hall–Kier alpha value is -5.06. The van der Waals surface area contributed by atoms with Gasteiger partial charge >= 0.3 is 5.97 Å². The van der Waals surface area contributed by atoms with E-state index in [0.29, 0.717) is 23.1 Å². The van der Waals surface area contributed by atoms with Gasteiger partial charge in [0.05, 0.1) is 35.3 Å². The summed E-state index contributed by atoms with van der Waals surface area (Å²) in [4.78, 5) is 41.9. The van der Waals surface area contributed by atoms with Gasteiger partial charge in [0.25, 0.3) is 11.2 Å². The zero-order chi connectivity index (χ0) is 31.3. The van der Waals surface area contributed by atoms with Gasteiger partial charge in [0, 0.05) is 23.3 Å². The summed E-state index contributed by atoms with van der Waals surface area (Å²) in [6.07, 6.45) is 0.296. The third-order valence-electron chi connectivity index (χ3n) is 6.71. The maximum Gasteiger partial charge on any atom is 0.347 e. The Morgan fingerprint density at radius 1 is 1.07 bits per heavy atom. The lowest BCUT2D eigenvalue weighted by Crippen LogP contribution is -2.26. The molecule has 0 radical (unpaired) electrons. The Morgan fingerprint density at radius 2 is 1.81 bits per heavy atom. The first-order valence-corrected chi connectivity index (χ1v) is 14.0. The number of hydrogen-bond donors (Lipinski definition) is 0. The molecule has 224 valence electrons. The van der Waals surface area contributed by atoms with Crippen LogP contribution in [0.4, 0.5) is 5.69 Å². The fraction of sp³-hybridized carbons (Fsp3) is 0.312. The molecule has 0 unspecified atom stereocenters. The lowest BCUT2D eigenvalue weighted by molar-refractivity contribution is -0.384. The third-order valence-corrected chi connectivity index (χ3v) is 6.71. The van der Waals surface area contributed by atoms with E-state index in [9.17, 15) is 19.7 Å². The SMILES string of the molecule is CCOC(=O)[C@H](C)Oc1ccc([N+](=O)[O-])cc1C=Nn1c(-c2cc(C(C)C)c(OCC)cc2C)nc2ccccc2c1=O. The highest BCUT2D eigenvalue weighted by atomic mass is 16.6. The van der Waals surface area contributed by atoms with Crippen LogP contribution in [-0.2, 0) is 9.53 Å². The second-order valence-corrected chi connectivity index (χ2v) is 10.1. The number of esters is 1. The number of aryl methyl sites for hydroxylation is 1. The number of benzene rings is 3. The average Bonchev–Trinajstić information content (AvgIpc) is 2.97. The van der Waals surface area contributed by atoms with Gasteiger partial charge in [-0.3, -0.25) is 14.9 Å². The average molecular weight is 587 g/mol. The standard InChI is InChI=1S/C32H34N4O7/c1-7-41-29-15-20(5)26(17-25(29)19(3)4)30-34-27-12-10-9-11-24(27)31(37)35(30)33-18-22-16-23(36(39)40)13-14-28(22)43-21(6)32(38)42-8-2/h9-19,21H,7-8H2,1-6H3/t21-/m0/s1. The number of carbonyl (C=O) groups is 1. The van der Waals surface area contributed by atoms with Crippen molar-refractivity contribution in [3.63, 3.8) is 0 Å². The van der Waals surface area contributed by atoms with Crippen LogP contribution >= 0.6 is 0 Å². The molecule has 0 saturated heterocycles. The maximum atomic E-state index is 13.8. The first-order chi connectivity index (χ1) is 20.5. The lowest BCUT2D eigenvalue weighted by atomic mass is 9.96. The number of aromatic nitrogens is 2. The number of rotatable bonds is 11. The Kier molecular flexibility index (Phi) is 9.54. The number of nitro groups is 1. The summed E-state index contributed by atoms with van der Waals surface area (Å²) in [6.45, 7) is 11.8. The molecule has 4 aromatic rings. The summed E-state index contributed by atoms with van der Waals surface area (Å²) in [7, 11) is 0. The van der Waals surface area contributed by atoms with Gasteiger partial charge in [0.15, 0.2) is 11.9 Å². The number of para-hydroxylation sites is 1. The molecule has 4 rings (SSSR count). The van der Waals surface area contributed by atoms with Crippen molar-refractivity contribution in [2.75, 3.05) is 13.2 Å². The summed E-state index contributed by atoms with van der Waals surface area (Å²) >= 11 is 0. The van der Waals surface area contributed by atoms with Crippen molar-refractivity contribution >= 4 is 28.8 Å². The van der Waals surface area contributed by atoms with Gasteiger partial charge < -0.3 is 14.2 Å². The number of nitro benzene ring substituents is 1. The number of non-ortho nitro benzene ring substituents is 1. The van der Waals surface area contributed by atoms with E-state index in [4.69, 9.17) is 19.2 Å². The number of nitrogens with zero attached hydrogens (tertiary/aromatic N) is 4. The molecule has 43 heavy (non-hydrogen) atoms. The summed E-state index contributed by atoms with van der Waals surface area (Å²) < 4.78 is 17.9. The van der Waals surface area contributed by atoms with E-state index >= 15 is 0 Å². The van der Waals surface area contributed by atoms with E-state index in [0.717, 1.165) is 16.9 Å². The highest BCUT2D eigenvalue weighted by Crippen LogP contribution is 2.34. The largest absolute Gasteiger partial charge is 0.494 e. The minimum Gasteiger partial charge on any atom is -0.494 e. The van der Waals surface area contributed by atoms with Crippen molar-refractivity contribution in [3.05, 3.63) is 91.8 Å². The Morgan fingerprint density at radius 3 is 2.49 bits per heavy atom. The molecule has 0 bridgehead atoms. The van der Waals surface area contributed by atoms with Crippen LogP contribution in [0.25, 0.3) is 22.3 Å². The van der Waals surface area contributed by atoms with Crippen molar-refractivity contribution in [2.45, 2.75) is 53.6 Å². The first kappa shape index (κ1) is 30.9. The van der Waals surface area contributed by atoms with Crippen LogP contribution in [0.15, 0.2) is 64.5 Å². The molecule has 0 N–H and O–H groups in total. The normalized spacial score (nSPS) is 12.1. The molecule has 11 heteroatoms. The monoisotopic (exact) mass is 586 g/mol. The van der Waals surface area contributed by atoms with Crippen molar-refractivity contribution in [2.24, 2.45) is 5.10 Å². The summed E-state index contributed by atoms with van der Waals surface area (Å²) in [5.74, 6) is 0.725. The highest BCUT2D eigenvalue weighted by molar-refractivity contribution is 5.86. The first-order valence-electron chi connectivity index (χ1n) is 14.0. The van der Waals surface area contributed by atoms with E-state index in [1.807, 2.05) is 26.0 Å². The van der Waals surface area contributed by atoms with Gasteiger partial charge in [-0.15, -0.1) is 0 Å². The van der Waals surface area contributed by atoms with Crippen LogP contribution < -0.4 is 15.0 Å². The molecule has 1 heterocycles. The Labute approximate surface area is 248 Å². The van der Waals surface area contributed by atoms with E-state index in [2.05, 4.69) is 18.9 Å². The van der Waals surface area contributed by atoms with Gasteiger partial charge in [0.2, 0.25) is 0 Å². The molecular formula is C32H34N4O7. The molecule has 1 aromatic heterocycles. The summed E-state index contributed by atoms with van der Waals surface area (Å²) in [5, 5.41) is 16.4. The molecule has 0 saturated carbocycles. The molecule has 0 amide bonds. The highest BCUT2D eigenvalue weighted by Gasteiger charge is 2.21. The maximum absolute atomic E-state index is 13.8. The van der Waals surface area contributed by atoms with E-state index in [-0.39, 0.29) is 35.3 Å². The van der Waals surface area contributed by atoms with Gasteiger partial charge in [0.1, 0.15) is 11.5 Å². The van der Waals surface area contributed by atoms with Gasteiger partial charge in [-0.2, -0.15) is 9.78 Å². The van der Waals surface area contributed by atoms with Crippen LogP contribution in [0.3, 0.4) is 0 Å². The lowest BCUT2D eigenvalue weighted by Gasteiger charge is -2.18. The van der Waals surface area contributed by atoms with Crippen molar-refractivity contribution in [1.29, 1.82) is 0 Å². The minimum atomic E-state index is -0.991. The Balaban J connectivity index is 1.93. The van der Waals surface area contributed by atoms with Crippen molar-refractivity contribution in [3.8, 4) is 22.9 Å². The molecule has 11 nitrogen and oxygen atoms in total. The topological polar surface area (TPSA) is 135 Å². The zero-order valence-corrected chi connectivity index (χ0v) is 25.0. The van der Waals surface area contributed by atoms with Crippen LogP contribution in [0.5, 0.6) is 11.5 Å². The molecular weight excluding hydrogens is 552 g/mol. The van der Waals surface area contributed by atoms with Crippen molar-refractivity contribution in [1.82, 2.24) is 9.66 Å². The van der Waals surface area contributed by atoms with Crippen LogP contribution in [0, 0.1) is 17.0 Å². The summed E-state index contributed by atoms with van der Waals surface area (Å²) in [5.41, 5.74) is 2.48. The predicted molar refractivity (Wildman–Crippen MR) is 164 cm³/mol. The van der Waals surface area contributed by atoms with E-state index < -0.39 is 22.6 Å². The number of ether oxygens (including phenoxy) is 3. The van der Waals surface area contributed by atoms with Crippen molar-refractivity contribution < 1.29 is 23.9 Å². The second kappa shape index (κ2) is 13.3. The number of carbonyl (C=O) groups excluding carboxylic acids is 1. The molecule has 0 aliphatic heterocycles. The quantitative estimate of drug-likeness (QED) is 0.0902. The van der Waals surface area contributed by atoms with Crippen LogP contribution in [0.1, 0.15) is 57.2 Å². The fourth-order valence-electron chi connectivity index (χ4n) is 4.55. The Bertz CT molecular complexity index is 1760. The van der Waals surface area contributed by atoms with E-state index in [1.54, 1.807) is 31.2 Å². The van der Waals surface area contributed by atoms with Gasteiger partial charge in [-0.25, -0.2) is 9.78 Å². The van der Waals surface area contributed by atoms with Gasteiger partial charge in [-0.1, -0.05) is 26.0 Å². The minimum absolute atomic E-state index is 0.121. The molecule has 1 atom stereocenters. The van der Waals surface area contributed by atoms with Gasteiger partial charge in [-0.05, 0) is 75.1 Å². The molecule has 3 aromatic carbocycles. The molecule has 0 aliphatic rings. The zero-order valence-electron chi connectivity index (χ0n) is 25.0. The second-order valence-electron chi connectivity index (χ2n) is 10.1. The molecule has 0 fully saturated rings. The van der Waals surface area contributed by atoms with E-state index in [1.165, 1.54) is 36.0 Å². The summed E-state index contributed by atoms with van der Waals surface area (Å²) in [6, 6.07) is 14.7.